The topological polar surface area (TPSA) is 46.5 Å². The molecular formula is C16H30O3. The first-order valence-corrected chi connectivity index (χ1v) is 7.45. The Morgan fingerprint density at radius 2 is 1.95 bits per heavy atom. The number of unbranched alkanes of at least 4 members (excludes halogenated alkanes) is 1. The van der Waals surface area contributed by atoms with E-state index in [2.05, 4.69) is 33.8 Å². The monoisotopic (exact) mass is 270 g/mol. The van der Waals surface area contributed by atoms with Crippen LogP contribution in [0.4, 0.5) is 0 Å². The highest BCUT2D eigenvalue weighted by atomic mass is 16.5. The Morgan fingerprint density at radius 1 is 1.26 bits per heavy atom. The van der Waals surface area contributed by atoms with E-state index in [-0.39, 0.29) is 0 Å². The van der Waals surface area contributed by atoms with Gasteiger partial charge in [-0.3, -0.25) is 0 Å². The van der Waals surface area contributed by atoms with Crippen molar-refractivity contribution in [2.75, 3.05) is 6.61 Å². The molecule has 0 aliphatic carbocycles. The minimum Gasteiger partial charge on any atom is -0.479 e. The summed E-state index contributed by atoms with van der Waals surface area (Å²) in [5, 5.41) is 9.03. The largest absolute Gasteiger partial charge is 0.479 e. The molecule has 1 N–H and O–H groups in total. The van der Waals surface area contributed by atoms with Crippen molar-refractivity contribution in [3.8, 4) is 0 Å². The third-order valence-corrected chi connectivity index (χ3v) is 3.24. The molecule has 0 aromatic rings. The van der Waals surface area contributed by atoms with Gasteiger partial charge in [-0.05, 0) is 45.4 Å². The number of hydrogen-bond acceptors (Lipinski definition) is 2. The Bertz CT molecular complexity index is 267. The molecule has 0 aromatic carbocycles. The van der Waals surface area contributed by atoms with Gasteiger partial charge in [-0.25, -0.2) is 4.79 Å². The van der Waals surface area contributed by atoms with E-state index in [1.807, 2.05) is 0 Å². The maximum absolute atomic E-state index is 11.0. The highest BCUT2D eigenvalue weighted by Gasteiger charge is 2.17. The van der Waals surface area contributed by atoms with Crippen LogP contribution in [0.5, 0.6) is 0 Å². The number of carbonyl (C=O) groups is 1. The Balaban J connectivity index is 3.79. The average Bonchev–Trinajstić information content (AvgIpc) is 2.32. The van der Waals surface area contributed by atoms with Gasteiger partial charge >= 0.3 is 5.97 Å². The predicted octanol–water partition coefficient (Wildman–Crippen LogP) is 4.42. The second-order valence-corrected chi connectivity index (χ2v) is 5.59. The van der Waals surface area contributed by atoms with Crippen LogP contribution in [0.2, 0.25) is 0 Å². The number of hydrogen-bond donors (Lipinski definition) is 1. The molecule has 0 fully saturated rings. The lowest BCUT2D eigenvalue weighted by molar-refractivity contribution is -0.151. The zero-order valence-electron chi connectivity index (χ0n) is 12.9. The summed E-state index contributed by atoms with van der Waals surface area (Å²) in [5.74, 6) is -0.248. The van der Waals surface area contributed by atoms with E-state index in [0.717, 1.165) is 32.1 Å². The van der Waals surface area contributed by atoms with Gasteiger partial charge in [-0.2, -0.15) is 0 Å². The van der Waals surface area contributed by atoms with E-state index < -0.39 is 12.1 Å². The van der Waals surface area contributed by atoms with Gasteiger partial charge in [0.15, 0.2) is 6.10 Å². The van der Waals surface area contributed by atoms with Gasteiger partial charge in [0, 0.05) is 6.61 Å². The van der Waals surface area contributed by atoms with Crippen LogP contribution in [-0.4, -0.2) is 23.8 Å². The maximum atomic E-state index is 11.0. The van der Waals surface area contributed by atoms with Crippen LogP contribution in [0, 0.1) is 5.92 Å². The first-order valence-electron chi connectivity index (χ1n) is 7.45. The zero-order valence-corrected chi connectivity index (χ0v) is 12.9. The Hall–Kier alpha value is -0.830. The number of aliphatic carboxylic acids is 1. The average molecular weight is 270 g/mol. The lowest BCUT2D eigenvalue weighted by atomic mass is 10.0. The van der Waals surface area contributed by atoms with E-state index in [9.17, 15) is 4.79 Å². The van der Waals surface area contributed by atoms with Crippen LogP contribution in [0.25, 0.3) is 0 Å². The van der Waals surface area contributed by atoms with Crippen LogP contribution < -0.4 is 0 Å². The van der Waals surface area contributed by atoms with Gasteiger partial charge in [0.25, 0.3) is 0 Å². The van der Waals surface area contributed by atoms with Crippen molar-refractivity contribution in [2.45, 2.75) is 72.3 Å². The summed E-state index contributed by atoms with van der Waals surface area (Å²) in [4.78, 5) is 11.0. The fourth-order valence-corrected chi connectivity index (χ4v) is 1.88. The molecule has 0 radical (unpaired) electrons. The molecule has 0 bridgehead atoms. The third kappa shape index (κ3) is 10.8. The number of allylic oxidation sites excluding steroid dienone is 2. The van der Waals surface area contributed by atoms with Crippen molar-refractivity contribution in [1.82, 2.24) is 0 Å². The summed E-state index contributed by atoms with van der Waals surface area (Å²) in [6.07, 6.45) is 7.34. The molecule has 0 aromatic heterocycles. The molecule has 112 valence electrons. The minimum absolute atomic E-state index is 0.552. The Morgan fingerprint density at radius 3 is 2.47 bits per heavy atom. The van der Waals surface area contributed by atoms with Crippen LogP contribution in [0.15, 0.2) is 11.6 Å². The molecule has 0 amide bonds. The molecule has 0 heterocycles. The fourth-order valence-electron chi connectivity index (χ4n) is 1.88. The Kier molecular flexibility index (Phi) is 10.6. The predicted molar refractivity (Wildman–Crippen MR) is 79.3 cm³/mol. The summed E-state index contributed by atoms with van der Waals surface area (Å²) in [5.41, 5.74) is 1.36. The molecule has 0 spiro atoms. The normalized spacial score (nSPS) is 13.9. The van der Waals surface area contributed by atoms with E-state index in [4.69, 9.17) is 9.84 Å². The minimum atomic E-state index is -0.828. The van der Waals surface area contributed by atoms with Crippen LogP contribution in [-0.2, 0) is 9.53 Å². The van der Waals surface area contributed by atoms with Gasteiger partial charge in [0.2, 0.25) is 0 Å². The fraction of sp³-hybridized carbons (Fsp3) is 0.812. The molecule has 0 aliphatic heterocycles. The van der Waals surface area contributed by atoms with Gasteiger partial charge < -0.3 is 9.84 Å². The van der Waals surface area contributed by atoms with Crippen molar-refractivity contribution in [3.05, 3.63) is 11.6 Å². The molecule has 0 aliphatic rings. The van der Waals surface area contributed by atoms with Crippen molar-refractivity contribution in [2.24, 2.45) is 5.92 Å². The SMILES string of the molecule is CCCCC(OCCC(C)CCC=C(C)C)C(=O)O. The number of carboxylic acid groups (broad SMARTS) is 1. The van der Waals surface area contributed by atoms with E-state index >= 15 is 0 Å². The van der Waals surface area contributed by atoms with Gasteiger partial charge in [0.05, 0.1) is 0 Å². The van der Waals surface area contributed by atoms with Gasteiger partial charge in [0.1, 0.15) is 0 Å². The third-order valence-electron chi connectivity index (χ3n) is 3.24. The summed E-state index contributed by atoms with van der Waals surface area (Å²) < 4.78 is 5.49. The highest BCUT2D eigenvalue weighted by molar-refractivity contribution is 5.72. The summed E-state index contributed by atoms with van der Waals surface area (Å²) in [6, 6.07) is 0. The van der Waals surface area contributed by atoms with Crippen molar-refractivity contribution in [3.63, 3.8) is 0 Å². The molecule has 3 nitrogen and oxygen atoms in total. The first kappa shape index (κ1) is 18.2. The molecule has 2 unspecified atom stereocenters. The van der Waals surface area contributed by atoms with Gasteiger partial charge in [-0.15, -0.1) is 0 Å². The summed E-state index contributed by atoms with van der Waals surface area (Å²) in [6.45, 7) is 9.03. The first-order chi connectivity index (χ1) is 8.97. The van der Waals surface area contributed by atoms with Gasteiger partial charge in [-0.1, -0.05) is 38.3 Å². The van der Waals surface area contributed by atoms with E-state index in [1.165, 1.54) is 5.57 Å². The molecule has 0 saturated heterocycles. The molecule has 3 heteroatoms. The molecule has 19 heavy (non-hydrogen) atoms. The quantitative estimate of drug-likeness (QED) is 0.565. The summed E-state index contributed by atoms with van der Waals surface area (Å²) in [7, 11) is 0. The molecule has 0 saturated carbocycles. The lowest BCUT2D eigenvalue weighted by Gasteiger charge is -2.15. The van der Waals surface area contributed by atoms with Crippen LogP contribution in [0.1, 0.15) is 66.2 Å². The van der Waals surface area contributed by atoms with Crippen molar-refractivity contribution < 1.29 is 14.6 Å². The lowest BCUT2D eigenvalue weighted by Crippen LogP contribution is -2.24. The van der Waals surface area contributed by atoms with E-state index in [1.54, 1.807) is 0 Å². The molecule has 0 rings (SSSR count). The highest BCUT2D eigenvalue weighted by Crippen LogP contribution is 2.13. The zero-order chi connectivity index (χ0) is 14.7. The summed E-state index contributed by atoms with van der Waals surface area (Å²) >= 11 is 0. The smallest absolute Gasteiger partial charge is 0.332 e. The second kappa shape index (κ2) is 11.0. The van der Waals surface area contributed by atoms with Crippen LogP contribution in [0.3, 0.4) is 0 Å². The van der Waals surface area contributed by atoms with E-state index in [0.29, 0.717) is 18.9 Å². The Labute approximate surface area is 118 Å². The van der Waals surface area contributed by atoms with Crippen molar-refractivity contribution >= 4 is 5.97 Å². The number of rotatable bonds is 11. The van der Waals surface area contributed by atoms with Crippen LogP contribution >= 0.6 is 0 Å². The number of carboxylic acids is 1. The maximum Gasteiger partial charge on any atom is 0.332 e. The standard InChI is InChI=1S/C16H30O3/c1-5-6-10-15(16(17)18)19-12-11-14(4)9-7-8-13(2)3/h8,14-15H,5-7,9-12H2,1-4H3,(H,17,18). The molecular weight excluding hydrogens is 240 g/mol. The molecule has 2 atom stereocenters. The van der Waals surface area contributed by atoms with Crippen molar-refractivity contribution in [1.29, 1.82) is 0 Å². The number of ether oxygens (including phenoxy) is 1. The second-order valence-electron chi connectivity index (χ2n) is 5.59.